The molecule has 2 aromatic rings. The number of nitrogens with zero attached hydrogens (tertiary/aromatic N) is 2. The quantitative estimate of drug-likeness (QED) is 0.875. The molecule has 0 fully saturated rings. The minimum atomic E-state index is -0.377. The molecule has 0 spiro atoms. The smallest absolute Gasteiger partial charge is 0.240 e. The summed E-state index contributed by atoms with van der Waals surface area (Å²) in [4.78, 5) is 12.1. The van der Waals surface area contributed by atoms with Crippen molar-refractivity contribution in [3.8, 4) is 23.0 Å². The Morgan fingerprint density at radius 3 is 2.26 bits per heavy atom. The first-order chi connectivity index (χ1) is 13.0. The van der Waals surface area contributed by atoms with E-state index in [1.165, 1.54) is 11.9 Å². The summed E-state index contributed by atoms with van der Waals surface area (Å²) in [5, 5.41) is 16.1. The maximum Gasteiger partial charge on any atom is 0.240 e. The van der Waals surface area contributed by atoms with Gasteiger partial charge in [-0.3, -0.25) is 4.79 Å². The summed E-state index contributed by atoms with van der Waals surface area (Å²) in [5.41, 5.74) is 2.10. The van der Waals surface area contributed by atoms with Crippen molar-refractivity contribution in [3.05, 3.63) is 47.5 Å². The topological polar surface area (TPSA) is 80.6 Å². The van der Waals surface area contributed by atoms with Gasteiger partial charge in [0.15, 0.2) is 11.5 Å². The van der Waals surface area contributed by atoms with Gasteiger partial charge in [0.1, 0.15) is 5.75 Å². The minimum absolute atomic E-state index is 0.134. The molecule has 0 radical (unpaired) electrons. The number of phenolic OH excluding ortho intramolecular Hbond substituents is 1. The number of methoxy groups -OCH3 is 3. The largest absolute Gasteiger partial charge is 0.508 e. The second-order valence-electron chi connectivity index (χ2n) is 6.10. The SMILES string of the molecule is COc1cc(C2=NN(C(C)=O)[C@@H](c3ccccc3O)C2)cc(OC)c1OC. The van der Waals surface area contributed by atoms with Crippen molar-refractivity contribution in [2.24, 2.45) is 5.10 Å². The van der Waals surface area contributed by atoms with E-state index in [0.717, 1.165) is 5.56 Å². The zero-order valence-corrected chi connectivity index (χ0v) is 15.7. The number of hydrogen-bond acceptors (Lipinski definition) is 6. The highest BCUT2D eigenvalue weighted by Crippen LogP contribution is 2.41. The van der Waals surface area contributed by atoms with Crippen LogP contribution in [-0.2, 0) is 4.79 Å². The molecule has 1 N–H and O–H groups in total. The van der Waals surface area contributed by atoms with E-state index in [1.54, 1.807) is 51.7 Å². The minimum Gasteiger partial charge on any atom is -0.508 e. The molecule has 0 aliphatic carbocycles. The highest BCUT2D eigenvalue weighted by molar-refractivity contribution is 6.04. The standard InChI is InChI=1S/C20H22N2O5/c1-12(23)22-16(14-7-5-6-8-17(14)24)11-15(21-22)13-9-18(25-2)20(27-4)19(10-13)26-3/h5-10,16,24H,11H2,1-4H3/t16-/m1/s1. The van der Waals surface area contributed by atoms with E-state index >= 15 is 0 Å². The van der Waals surface area contributed by atoms with E-state index in [4.69, 9.17) is 14.2 Å². The molecule has 2 aromatic carbocycles. The van der Waals surface area contributed by atoms with Gasteiger partial charge in [0, 0.05) is 24.5 Å². The van der Waals surface area contributed by atoms with Gasteiger partial charge in [0.25, 0.3) is 0 Å². The zero-order chi connectivity index (χ0) is 19.6. The Balaban J connectivity index is 2.04. The molecule has 27 heavy (non-hydrogen) atoms. The van der Waals surface area contributed by atoms with Crippen LogP contribution in [0.3, 0.4) is 0 Å². The van der Waals surface area contributed by atoms with Gasteiger partial charge in [0.2, 0.25) is 11.7 Å². The van der Waals surface area contributed by atoms with Crippen molar-refractivity contribution in [3.63, 3.8) is 0 Å². The molecule has 1 amide bonds. The van der Waals surface area contributed by atoms with Crippen LogP contribution in [0.15, 0.2) is 41.5 Å². The number of carbonyl (C=O) groups excluding carboxylic acids is 1. The fourth-order valence-corrected chi connectivity index (χ4v) is 3.23. The summed E-state index contributed by atoms with van der Waals surface area (Å²) in [7, 11) is 4.63. The monoisotopic (exact) mass is 370 g/mol. The number of phenols is 1. The van der Waals surface area contributed by atoms with E-state index in [-0.39, 0.29) is 17.7 Å². The van der Waals surface area contributed by atoms with E-state index in [2.05, 4.69) is 5.10 Å². The van der Waals surface area contributed by atoms with Crippen LogP contribution in [0.1, 0.15) is 30.5 Å². The molecule has 0 saturated heterocycles. The Hall–Kier alpha value is -3.22. The molecule has 0 saturated carbocycles. The molecular formula is C20H22N2O5. The predicted octanol–water partition coefficient (Wildman–Crippen LogP) is 3.12. The van der Waals surface area contributed by atoms with Gasteiger partial charge in [-0.1, -0.05) is 18.2 Å². The van der Waals surface area contributed by atoms with Gasteiger partial charge in [-0.2, -0.15) is 5.10 Å². The summed E-state index contributed by atoms with van der Waals surface area (Å²) >= 11 is 0. The third-order valence-corrected chi connectivity index (χ3v) is 4.53. The number of para-hydroxylation sites is 1. The fourth-order valence-electron chi connectivity index (χ4n) is 3.23. The molecular weight excluding hydrogens is 348 g/mol. The second kappa shape index (κ2) is 7.57. The number of carbonyl (C=O) groups is 1. The maximum atomic E-state index is 12.1. The molecule has 3 rings (SSSR count). The average molecular weight is 370 g/mol. The van der Waals surface area contributed by atoms with Crippen LogP contribution in [-0.4, -0.2) is 43.1 Å². The van der Waals surface area contributed by atoms with Crippen LogP contribution >= 0.6 is 0 Å². The van der Waals surface area contributed by atoms with Crippen LogP contribution in [0, 0.1) is 0 Å². The Bertz CT molecular complexity index is 869. The molecule has 0 bridgehead atoms. The van der Waals surface area contributed by atoms with Crippen LogP contribution in [0.25, 0.3) is 0 Å². The van der Waals surface area contributed by atoms with E-state index in [9.17, 15) is 9.90 Å². The highest BCUT2D eigenvalue weighted by Gasteiger charge is 2.33. The summed E-state index contributed by atoms with van der Waals surface area (Å²) in [6.07, 6.45) is 0.454. The Kier molecular flexibility index (Phi) is 5.21. The van der Waals surface area contributed by atoms with E-state index in [0.29, 0.717) is 34.9 Å². The summed E-state index contributed by atoms with van der Waals surface area (Å²) in [5.74, 6) is 1.44. The third-order valence-electron chi connectivity index (χ3n) is 4.53. The second-order valence-corrected chi connectivity index (χ2v) is 6.10. The van der Waals surface area contributed by atoms with Crippen LogP contribution < -0.4 is 14.2 Å². The molecule has 1 aliphatic rings. The Labute approximate surface area is 157 Å². The van der Waals surface area contributed by atoms with Crippen LogP contribution in [0.4, 0.5) is 0 Å². The maximum absolute atomic E-state index is 12.1. The average Bonchev–Trinajstić information content (AvgIpc) is 3.12. The first-order valence-electron chi connectivity index (χ1n) is 8.45. The summed E-state index contributed by atoms with van der Waals surface area (Å²) in [6.45, 7) is 1.45. The van der Waals surface area contributed by atoms with Gasteiger partial charge in [0.05, 0.1) is 33.1 Å². The highest BCUT2D eigenvalue weighted by atomic mass is 16.5. The van der Waals surface area contributed by atoms with Gasteiger partial charge >= 0.3 is 0 Å². The first-order valence-corrected chi connectivity index (χ1v) is 8.45. The molecule has 7 heteroatoms. The number of hydrazone groups is 1. The molecule has 0 aromatic heterocycles. The first kappa shape index (κ1) is 18.6. The van der Waals surface area contributed by atoms with Gasteiger partial charge in [-0.25, -0.2) is 5.01 Å². The van der Waals surface area contributed by atoms with Crippen LogP contribution in [0.2, 0.25) is 0 Å². The van der Waals surface area contributed by atoms with Crippen molar-refractivity contribution < 1.29 is 24.1 Å². The fraction of sp³-hybridized carbons (Fsp3) is 0.300. The van der Waals surface area contributed by atoms with Crippen LogP contribution in [0.5, 0.6) is 23.0 Å². The zero-order valence-electron chi connectivity index (χ0n) is 15.7. The number of ether oxygens (including phenoxy) is 3. The third kappa shape index (κ3) is 3.40. The van der Waals surface area contributed by atoms with Crippen molar-refractivity contribution in [2.45, 2.75) is 19.4 Å². The molecule has 1 atom stereocenters. The number of amides is 1. The van der Waals surface area contributed by atoms with Crippen molar-refractivity contribution in [1.82, 2.24) is 5.01 Å². The lowest BCUT2D eigenvalue weighted by Gasteiger charge is -2.21. The van der Waals surface area contributed by atoms with E-state index < -0.39 is 0 Å². The number of aromatic hydroxyl groups is 1. The number of rotatable bonds is 5. The predicted molar refractivity (Wildman–Crippen MR) is 101 cm³/mol. The lowest BCUT2D eigenvalue weighted by molar-refractivity contribution is -0.130. The number of hydrogen-bond donors (Lipinski definition) is 1. The normalized spacial score (nSPS) is 16.1. The molecule has 1 heterocycles. The van der Waals surface area contributed by atoms with E-state index in [1.807, 2.05) is 6.07 Å². The van der Waals surface area contributed by atoms with Crippen molar-refractivity contribution in [1.29, 1.82) is 0 Å². The Morgan fingerprint density at radius 2 is 1.74 bits per heavy atom. The van der Waals surface area contributed by atoms with Gasteiger partial charge < -0.3 is 19.3 Å². The summed E-state index contributed by atoms with van der Waals surface area (Å²) < 4.78 is 16.2. The summed E-state index contributed by atoms with van der Waals surface area (Å²) in [6, 6.07) is 10.2. The number of benzene rings is 2. The van der Waals surface area contributed by atoms with Gasteiger partial charge in [-0.15, -0.1) is 0 Å². The van der Waals surface area contributed by atoms with Crippen molar-refractivity contribution in [2.75, 3.05) is 21.3 Å². The lowest BCUT2D eigenvalue weighted by Crippen LogP contribution is -2.24. The lowest BCUT2D eigenvalue weighted by atomic mass is 9.97. The van der Waals surface area contributed by atoms with Gasteiger partial charge in [-0.05, 0) is 18.2 Å². The molecule has 142 valence electrons. The Morgan fingerprint density at radius 1 is 1.11 bits per heavy atom. The molecule has 7 nitrogen and oxygen atoms in total. The molecule has 1 aliphatic heterocycles. The van der Waals surface area contributed by atoms with Crippen molar-refractivity contribution >= 4 is 11.6 Å². The molecule has 0 unspecified atom stereocenters.